The Morgan fingerprint density at radius 2 is 2.08 bits per heavy atom. The fraction of sp³-hybridized carbons (Fsp3) is 0. The van der Waals surface area contributed by atoms with Crippen LogP contribution in [-0.4, -0.2) is 19.4 Å². The van der Waals surface area contributed by atoms with E-state index in [1.54, 1.807) is 6.08 Å². The van der Waals surface area contributed by atoms with E-state index in [-0.39, 0.29) is 10.0 Å². The number of nitrogens with zero attached hydrogens (tertiary/aromatic N) is 3. The van der Waals surface area contributed by atoms with Crippen molar-refractivity contribution < 1.29 is 10.0 Å². The smallest absolute Gasteiger partial charge is 0.312 e. The summed E-state index contributed by atoms with van der Waals surface area (Å²) >= 11 is 4.30. The number of hydrogen-bond donors (Lipinski definition) is 1. The first-order valence-corrected chi connectivity index (χ1v) is 8.65. The average Bonchev–Trinajstić information content (AvgIpc) is 3.07. The van der Waals surface area contributed by atoms with Gasteiger partial charge in [0.15, 0.2) is 4.96 Å². The van der Waals surface area contributed by atoms with E-state index in [0.29, 0.717) is 15.1 Å². The molecule has 7 nitrogen and oxygen atoms in total. The molecule has 0 spiro atoms. The van der Waals surface area contributed by atoms with Crippen molar-refractivity contribution in [1.29, 1.82) is 0 Å². The predicted octanol–water partition coefficient (Wildman–Crippen LogP) is 2.83. The maximum Gasteiger partial charge on any atom is 0.312 e. The third-order valence-electron chi connectivity index (χ3n) is 3.71. The van der Waals surface area contributed by atoms with E-state index >= 15 is 0 Å². The van der Waals surface area contributed by atoms with Crippen molar-refractivity contribution in [2.45, 2.75) is 0 Å². The lowest BCUT2D eigenvalue weighted by molar-refractivity contribution is -0.386. The van der Waals surface area contributed by atoms with Gasteiger partial charge in [-0.2, -0.15) is 0 Å². The fourth-order valence-electron chi connectivity index (χ4n) is 2.59. The number of thiazole rings is 1. The molecule has 2 aromatic heterocycles. The molecular weight excluding hydrogens is 410 g/mol. The summed E-state index contributed by atoms with van der Waals surface area (Å²) in [5.41, 5.74) is 1.22. The maximum atomic E-state index is 12.7. The van der Waals surface area contributed by atoms with Gasteiger partial charge in [0.2, 0.25) is 5.75 Å². The lowest BCUT2D eigenvalue weighted by Gasteiger charge is -2.00. The first-order chi connectivity index (χ1) is 12.0. The van der Waals surface area contributed by atoms with Gasteiger partial charge in [0.1, 0.15) is 0 Å². The molecule has 0 atom stereocenters. The van der Waals surface area contributed by atoms with Crippen LogP contribution in [0.15, 0.2) is 45.7 Å². The molecule has 9 heteroatoms. The number of phenols is 1. The summed E-state index contributed by atoms with van der Waals surface area (Å²) in [6.45, 7) is 0. The molecule has 0 aliphatic carbocycles. The molecule has 0 amide bonds. The molecule has 4 rings (SSSR count). The Labute approximate surface area is 151 Å². The van der Waals surface area contributed by atoms with Crippen LogP contribution in [0.25, 0.3) is 22.1 Å². The molecule has 1 N–H and O–H groups in total. The molecule has 0 bridgehead atoms. The Morgan fingerprint density at radius 1 is 1.32 bits per heavy atom. The lowest BCUT2D eigenvalue weighted by Crippen LogP contribution is -2.22. The van der Waals surface area contributed by atoms with Gasteiger partial charge in [0.25, 0.3) is 5.56 Å². The normalized spacial score (nSPS) is 12.3. The molecule has 25 heavy (non-hydrogen) atoms. The van der Waals surface area contributed by atoms with Gasteiger partial charge in [0, 0.05) is 6.07 Å². The molecule has 0 aliphatic heterocycles. The van der Waals surface area contributed by atoms with Crippen molar-refractivity contribution in [3.63, 3.8) is 0 Å². The fourth-order valence-corrected chi connectivity index (χ4v) is 4.05. The monoisotopic (exact) mass is 417 g/mol. The summed E-state index contributed by atoms with van der Waals surface area (Å²) in [4.78, 5) is 28.0. The number of fused-ring (bicyclic) bond motifs is 3. The molecule has 0 saturated heterocycles. The number of nitro benzene ring substituents is 1. The molecule has 0 unspecified atom stereocenters. The van der Waals surface area contributed by atoms with E-state index in [4.69, 9.17) is 0 Å². The number of rotatable bonds is 2. The summed E-state index contributed by atoms with van der Waals surface area (Å²) < 4.78 is 2.11. The first kappa shape index (κ1) is 15.7. The average molecular weight is 418 g/mol. The standard InChI is InChI=1S/C16H8BrN3O4S/c17-9-5-8(6-12(14(9)21)20(23)24)7-13-15(22)19-11-4-2-1-3-10(11)18-16(19)25-13/h1-7,21H. The molecular formula is C16H8BrN3O4S. The minimum Gasteiger partial charge on any atom is -0.501 e. The number of phenolic OH excluding ortho intramolecular Hbond substituents is 1. The summed E-state index contributed by atoms with van der Waals surface area (Å²) in [7, 11) is 0. The zero-order valence-corrected chi connectivity index (χ0v) is 14.7. The first-order valence-electron chi connectivity index (χ1n) is 7.04. The molecule has 0 aliphatic rings. The third-order valence-corrected chi connectivity index (χ3v) is 5.28. The van der Waals surface area contributed by atoms with Gasteiger partial charge in [-0.15, -0.1) is 0 Å². The quantitative estimate of drug-likeness (QED) is 0.399. The highest BCUT2D eigenvalue weighted by molar-refractivity contribution is 9.10. The summed E-state index contributed by atoms with van der Waals surface area (Å²) in [6.07, 6.45) is 1.55. The van der Waals surface area contributed by atoms with Crippen molar-refractivity contribution in [2.24, 2.45) is 0 Å². The number of benzene rings is 2. The zero-order chi connectivity index (χ0) is 17.7. The Morgan fingerprint density at radius 3 is 2.84 bits per heavy atom. The van der Waals surface area contributed by atoms with Crippen LogP contribution in [0.4, 0.5) is 5.69 Å². The highest BCUT2D eigenvalue weighted by Gasteiger charge is 2.17. The van der Waals surface area contributed by atoms with Crippen LogP contribution < -0.4 is 10.1 Å². The van der Waals surface area contributed by atoms with E-state index in [0.717, 1.165) is 11.0 Å². The number of halogens is 1. The van der Waals surface area contributed by atoms with E-state index in [2.05, 4.69) is 20.9 Å². The van der Waals surface area contributed by atoms with Crippen LogP contribution >= 0.6 is 27.3 Å². The van der Waals surface area contributed by atoms with Gasteiger partial charge in [-0.05, 0) is 45.8 Å². The number of hydrogen-bond acceptors (Lipinski definition) is 6. The number of nitro groups is 1. The van der Waals surface area contributed by atoms with Crippen molar-refractivity contribution >= 4 is 55.0 Å². The van der Waals surface area contributed by atoms with Crippen molar-refractivity contribution in [3.8, 4) is 5.75 Å². The summed E-state index contributed by atoms with van der Waals surface area (Å²) in [5.74, 6) is -0.448. The van der Waals surface area contributed by atoms with Crippen molar-refractivity contribution in [3.05, 3.63) is 71.4 Å². The highest BCUT2D eigenvalue weighted by atomic mass is 79.9. The molecule has 0 fully saturated rings. The number of aromatic nitrogens is 2. The van der Waals surface area contributed by atoms with Gasteiger partial charge in [0.05, 0.1) is 25.0 Å². The number of aromatic hydroxyl groups is 1. The zero-order valence-electron chi connectivity index (χ0n) is 12.3. The second-order valence-corrected chi connectivity index (χ2v) is 7.13. The van der Waals surface area contributed by atoms with E-state index in [1.807, 2.05) is 24.3 Å². The topological polar surface area (TPSA) is 97.7 Å². The third kappa shape index (κ3) is 2.48. The van der Waals surface area contributed by atoms with Crippen LogP contribution in [0.5, 0.6) is 5.75 Å². The van der Waals surface area contributed by atoms with Crippen LogP contribution in [-0.2, 0) is 0 Å². The largest absolute Gasteiger partial charge is 0.501 e. The van der Waals surface area contributed by atoms with Crippen LogP contribution in [0, 0.1) is 10.1 Å². The molecule has 2 heterocycles. The highest BCUT2D eigenvalue weighted by Crippen LogP contribution is 2.35. The minimum atomic E-state index is -0.676. The Bertz CT molecular complexity index is 1280. The number of imidazole rings is 1. The second-order valence-electron chi connectivity index (χ2n) is 5.26. The van der Waals surface area contributed by atoms with Crippen LogP contribution in [0.1, 0.15) is 5.56 Å². The van der Waals surface area contributed by atoms with E-state index < -0.39 is 16.4 Å². The van der Waals surface area contributed by atoms with Crippen LogP contribution in [0.2, 0.25) is 0 Å². The predicted molar refractivity (Wildman–Crippen MR) is 98.1 cm³/mol. The molecule has 4 aromatic rings. The van der Waals surface area contributed by atoms with E-state index in [9.17, 15) is 20.0 Å². The van der Waals surface area contributed by atoms with Gasteiger partial charge in [-0.3, -0.25) is 14.9 Å². The second kappa shape index (κ2) is 5.64. The van der Waals surface area contributed by atoms with Gasteiger partial charge in [-0.25, -0.2) is 9.38 Å². The van der Waals surface area contributed by atoms with Crippen molar-refractivity contribution in [1.82, 2.24) is 9.38 Å². The SMILES string of the molecule is O=c1c(=Cc2cc(Br)c(O)c([N+](=O)[O-])c2)sc2nc3ccccc3n12. The molecule has 124 valence electrons. The minimum absolute atomic E-state index is 0.187. The summed E-state index contributed by atoms with van der Waals surface area (Å²) in [6, 6.07) is 10.1. The summed E-state index contributed by atoms with van der Waals surface area (Å²) in [5, 5.41) is 20.8. The Hall–Kier alpha value is -2.78. The maximum absolute atomic E-state index is 12.7. The van der Waals surface area contributed by atoms with Gasteiger partial charge >= 0.3 is 5.69 Å². The van der Waals surface area contributed by atoms with Gasteiger partial charge in [-0.1, -0.05) is 23.5 Å². The molecule has 0 saturated carbocycles. The van der Waals surface area contributed by atoms with Gasteiger partial charge < -0.3 is 5.11 Å². The number of para-hydroxylation sites is 2. The lowest BCUT2D eigenvalue weighted by atomic mass is 10.2. The Balaban J connectivity index is 1.97. The Kier molecular flexibility index (Phi) is 3.55. The van der Waals surface area contributed by atoms with E-state index in [1.165, 1.54) is 27.9 Å². The molecule has 0 radical (unpaired) electrons. The van der Waals surface area contributed by atoms with Crippen molar-refractivity contribution in [2.75, 3.05) is 0 Å². The molecule has 2 aromatic carbocycles. The van der Waals surface area contributed by atoms with Crippen LogP contribution in [0.3, 0.4) is 0 Å².